The number of ether oxygens (including phenoxy) is 2. The first-order valence-electron chi connectivity index (χ1n) is 8.27. The SMILES string of the molecule is C=CC[C@@H](C)[C@@H]1O[C@@H](n2cc(C)c(=O)[nH]c2=O)[C@H](OC(C)=O)[C@@]1(O)C=C. The van der Waals surface area contributed by atoms with Crippen LogP contribution in [0.4, 0.5) is 0 Å². The molecule has 1 aliphatic heterocycles. The number of allylic oxidation sites excluding steroid dienone is 1. The first kappa shape index (κ1) is 19.9. The minimum absolute atomic E-state index is 0.196. The van der Waals surface area contributed by atoms with Crippen molar-refractivity contribution < 1.29 is 19.4 Å². The van der Waals surface area contributed by atoms with Gasteiger partial charge in [0.1, 0.15) is 0 Å². The fraction of sp³-hybridized carbons (Fsp3) is 0.500. The summed E-state index contributed by atoms with van der Waals surface area (Å²) in [6.07, 6.45) is 1.65. The molecule has 8 nitrogen and oxygen atoms in total. The molecule has 0 bridgehead atoms. The van der Waals surface area contributed by atoms with Crippen molar-refractivity contribution in [1.82, 2.24) is 9.55 Å². The van der Waals surface area contributed by atoms with Gasteiger partial charge < -0.3 is 14.6 Å². The first-order valence-corrected chi connectivity index (χ1v) is 8.27. The number of aryl methyl sites for hydroxylation is 1. The van der Waals surface area contributed by atoms with Crippen molar-refractivity contribution in [3.63, 3.8) is 0 Å². The molecule has 2 N–H and O–H groups in total. The van der Waals surface area contributed by atoms with E-state index in [0.717, 1.165) is 4.57 Å². The van der Waals surface area contributed by atoms with Crippen LogP contribution in [0.15, 0.2) is 41.1 Å². The smallest absolute Gasteiger partial charge is 0.330 e. The molecule has 0 unspecified atom stereocenters. The molecule has 8 heteroatoms. The summed E-state index contributed by atoms with van der Waals surface area (Å²) in [6.45, 7) is 11.9. The molecule has 0 saturated carbocycles. The lowest BCUT2D eigenvalue weighted by atomic mass is 9.84. The lowest BCUT2D eigenvalue weighted by molar-refractivity contribution is -0.160. The Morgan fingerprint density at radius 3 is 2.73 bits per heavy atom. The highest BCUT2D eigenvalue weighted by atomic mass is 16.6. The van der Waals surface area contributed by atoms with Crippen molar-refractivity contribution in [3.05, 3.63) is 57.9 Å². The van der Waals surface area contributed by atoms with E-state index in [1.54, 1.807) is 6.08 Å². The van der Waals surface area contributed by atoms with Crippen LogP contribution in [-0.2, 0) is 14.3 Å². The van der Waals surface area contributed by atoms with E-state index in [9.17, 15) is 19.5 Å². The number of nitrogens with zero attached hydrogens (tertiary/aromatic N) is 1. The fourth-order valence-corrected chi connectivity index (χ4v) is 3.25. The van der Waals surface area contributed by atoms with E-state index in [0.29, 0.717) is 6.42 Å². The van der Waals surface area contributed by atoms with Crippen LogP contribution >= 0.6 is 0 Å². The van der Waals surface area contributed by atoms with Crippen molar-refractivity contribution in [2.24, 2.45) is 5.92 Å². The van der Waals surface area contributed by atoms with Crippen LogP contribution in [0.2, 0.25) is 0 Å². The number of aliphatic hydroxyl groups is 1. The monoisotopic (exact) mass is 364 g/mol. The average molecular weight is 364 g/mol. The number of carbonyl (C=O) groups is 1. The average Bonchev–Trinajstić information content (AvgIpc) is 2.84. The van der Waals surface area contributed by atoms with Crippen molar-refractivity contribution in [1.29, 1.82) is 0 Å². The minimum Gasteiger partial charge on any atom is -0.454 e. The normalized spacial score (nSPS) is 29.2. The Bertz CT molecular complexity index is 826. The lowest BCUT2D eigenvalue weighted by Crippen LogP contribution is -2.50. The van der Waals surface area contributed by atoms with Gasteiger partial charge in [-0.05, 0) is 19.3 Å². The number of aromatic amines is 1. The van der Waals surface area contributed by atoms with Crippen molar-refractivity contribution in [3.8, 4) is 0 Å². The molecule has 0 amide bonds. The van der Waals surface area contributed by atoms with Gasteiger partial charge in [-0.15, -0.1) is 6.58 Å². The highest BCUT2D eigenvalue weighted by molar-refractivity contribution is 5.66. The van der Waals surface area contributed by atoms with Gasteiger partial charge in [-0.3, -0.25) is 19.1 Å². The molecule has 26 heavy (non-hydrogen) atoms. The van der Waals surface area contributed by atoms with Crippen LogP contribution < -0.4 is 11.2 Å². The first-order chi connectivity index (χ1) is 12.2. The van der Waals surface area contributed by atoms with Gasteiger partial charge >= 0.3 is 11.7 Å². The summed E-state index contributed by atoms with van der Waals surface area (Å²) in [5, 5.41) is 11.2. The molecule has 2 rings (SSSR count). The third kappa shape index (κ3) is 3.42. The maximum absolute atomic E-state index is 12.3. The molecule has 0 aliphatic carbocycles. The van der Waals surface area contributed by atoms with E-state index >= 15 is 0 Å². The molecule has 142 valence electrons. The summed E-state index contributed by atoms with van der Waals surface area (Å²) in [6, 6.07) is 0. The second-order valence-electron chi connectivity index (χ2n) is 6.55. The van der Waals surface area contributed by atoms with Gasteiger partial charge in [0, 0.05) is 18.7 Å². The zero-order valence-electron chi connectivity index (χ0n) is 15.1. The number of rotatable bonds is 6. The van der Waals surface area contributed by atoms with Crippen molar-refractivity contribution in [2.45, 2.75) is 51.2 Å². The maximum atomic E-state index is 12.3. The second kappa shape index (κ2) is 7.43. The Morgan fingerprint density at radius 1 is 1.54 bits per heavy atom. The largest absolute Gasteiger partial charge is 0.454 e. The maximum Gasteiger partial charge on any atom is 0.330 e. The predicted octanol–water partition coefficient (Wildman–Crippen LogP) is 0.803. The van der Waals surface area contributed by atoms with Gasteiger partial charge in [0.15, 0.2) is 17.9 Å². The molecule has 1 aromatic heterocycles. The van der Waals surface area contributed by atoms with Crippen molar-refractivity contribution in [2.75, 3.05) is 0 Å². The van der Waals surface area contributed by atoms with E-state index in [2.05, 4.69) is 18.1 Å². The van der Waals surface area contributed by atoms with Gasteiger partial charge in [0.05, 0.1) is 6.10 Å². The fourth-order valence-electron chi connectivity index (χ4n) is 3.25. The molecule has 1 aliphatic rings. The van der Waals surface area contributed by atoms with E-state index < -0.39 is 41.3 Å². The number of H-pyrrole nitrogens is 1. The standard InChI is InChI=1S/C18H24N2O6/c1-6-8-10(3)13-18(24,7-2)14(25-12(5)21)16(26-13)20-9-11(4)15(22)19-17(20)23/h6-7,9-10,13-14,16,24H,1-2,8H2,3-5H3,(H,19,22,23)/t10-,13+,14+,16-,18-/m1/s1. The minimum atomic E-state index is -1.72. The van der Waals surface area contributed by atoms with E-state index in [4.69, 9.17) is 9.47 Å². The topological polar surface area (TPSA) is 111 Å². The molecule has 1 aromatic rings. The number of esters is 1. The number of carbonyl (C=O) groups excluding carboxylic acids is 1. The Labute approximate surface area is 150 Å². The van der Waals surface area contributed by atoms with Crippen LogP contribution in [0.25, 0.3) is 0 Å². The molecule has 0 radical (unpaired) electrons. The molecular weight excluding hydrogens is 340 g/mol. The van der Waals surface area contributed by atoms with Crippen LogP contribution in [0.1, 0.15) is 32.1 Å². The third-order valence-electron chi connectivity index (χ3n) is 4.55. The second-order valence-corrected chi connectivity index (χ2v) is 6.55. The Hall–Kier alpha value is -2.45. The summed E-state index contributed by atoms with van der Waals surface area (Å²) in [4.78, 5) is 37.7. The lowest BCUT2D eigenvalue weighted by Gasteiger charge is -2.32. The van der Waals surface area contributed by atoms with Gasteiger partial charge in [-0.1, -0.05) is 25.7 Å². The van der Waals surface area contributed by atoms with Gasteiger partial charge in [-0.25, -0.2) is 4.79 Å². The Morgan fingerprint density at radius 2 is 2.19 bits per heavy atom. The summed E-state index contributed by atoms with van der Waals surface area (Å²) in [5.74, 6) is -0.840. The van der Waals surface area contributed by atoms with Crippen LogP contribution in [0.5, 0.6) is 0 Å². The molecule has 5 atom stereocenters. The molecule has 0 spiro atoms. The highest BCUT2D eigenvalue weighted by Gasteiger charge is 2.58. The van der Waals surface area contributed by atoms with E-state index in [1.807, 2.05) is 6.92 Å². The summed E-state index contributed by atoms with van der Waals surface area (Å²) >= 11 is 0. The van der Waals surface area contributed by atoms with Crippen LogP contribution in [-0.4, -0.2) is 38.4 Å². The van der Waals surface area contributed by atoms with Gasteiger partial charge in [0.25, 0.3) is 5.56 Å². The zero-order chi connectivity index (χ0) is 19.6. The quantitative estimate of drug-likeness (QED) is 0.571. The molecule has 1 saturated heterocycles. The summed E-state index contributed by atoms with van der Waals surface area (Å²) in [7, 11) is 0. The Balaban J connectivity index is 2.60. The zero-order valence-corrected chi connectivity index (χ0v) is 15.1. The number of hydrogen-bond donors (Lipinski definition) is 2. The third-order valence-corrected chi connectivity index (χ3v) is 4.55. The van der Waals surface area contributed by atoms with Crippen molar-refractivity contribution >= 4 is 5.97 Å². The highest BCUT2D eigenvalue weighted by Crippen LogP contribution is 2.43. The van der Waals surface area contributed by atoms with Crippen LogP contribution in [0.3, 0.4) is 0 Å². The molecule has 1 fully saturated rings. The molecule has 0 aromatic carbocycles. The van der Waals surface area contributed by atoms with Gasteiger partial charge in [-0.2, -0.15) is 0 Å². The van der Waals surface area contributed by atoms with Gasteiger partial charge in [0.2, 0.25) is 0 Å². The summed E-state index contributed by atoms with van der Waals surface area (Å²) < 4.78 is 12.4. The number of hydrogen-bond acceptors (Lipinski definition) is 6. The van der Waals surface area contributed by atoms with E-state index in [1.165, 1.54) is 26.1 Å². The molecule has 2 heterocycles. The predicted molar refractivity (Wildman–Crippen MR) is 94.6 cm³/mol. The Kier molecular flexibility index (Phi) is 5.68. The van der Waals surface area contributed by atoms with E-state index in [-0.39, 0.29) is 11.5 Å². The number of aromatic nitrogens is 2. The molecular formula is C18H24N2O6. The summed E-state index contributed by atoms with van der Waals surface area (Å²) in [5.41, 5.74) is -2.70. The van der Waals surface area contributed by atoms with Crippen LogP contribution in [0, 0.1) is 12.8 Å². The number of nitrogens with one attached hydrogen (secondary N) is 1.